The Morgan fingerprint density at radius 3 is 1.46 bits per heavy atom. The van der Waals surface area contributed by atoms with Crippen molar-refractivity contribution in [2.45, 2.75) is 12.2 Å². The van der Waals surface area contributed by atoms with E-state index in [0.29, 0.717) is 0 Å². The Balaban J connectivity index is 2.20. The number of ether oxygens (including phenoxy) is 2. The first kappa shape index (κ1) is 18.7. The van der Waals surface area contributed by atoms with E-state index in [1.165, 1.54) is 48.5 Å². The Hall–Kier alpha value is -3.68. The van der Waals surface area contributed by atoms with Gasteiger partial charge in [-0.2, -0.15) is 0 Å². The SMILES string of the molecule is O=C(O[C@H](C(=O)[O-])[C@H](OC(=O)c1ccccc1)C(=O)O)c1ccccc1. The van der Waals surface area contributed by atoms with Crippen LogP contribution in [0.15, 0.2) is 60.7 Å². The van der Waals surface area contributed by atoms with Crippen molar-refractivity contribution in [3.8, 4) is 0 Å². The number of benzene rings is 2. The molecular weight excluding hydrogens is 344 g/mol. The maximum atomic E-state index is 12.0. The van der Waals surface area contributed by atoms with Gasteiger partial charge in [-0.05, 0) is 24.3 Å². The maximum absolute atomic E-state index is 12.0. The zero-order chi connectivity index (χ0) is 19.1. The highest BCUT2D eigenvalue weighted by molar-refractivity contribution is 5.95. The number of carboxylic acid groups (broad SMARTS) is 2. The van der Waals surface area contributed by atoms with Gasteiger partial charge in [0.25, 0.3) is 0 Å². The third kappa shape index (κ3) is 4.67. The first-order chi connectivity index (χ1) is 12.4. The van der Waals surface area contributed by atoms with Crippen LogP contribution < -0.4 is 5.11 Å². The number of hydrogen-bond donors (Lipinski definition) is 1. The van der Waals surface area contributed by atoms with Crippen LogP contribution in [0.4, 0.5) is 0 Å². The smallest absolute Gasteiger partial charge is 0.349 e. The van der Waals surface area contributed by atoms with E-state index in [0.717, 1.165) is 0 Å². The quantitative estimate of drug-likeness (QED) is 0.699. The molecule has 26 heavy (non-hydrogen) atoms. The molecule has 0 aliphatic heterocycles. The molecule has 2 atom stereocenters. The minimum atomic E-state index is -2.33. The number of carboxylic acids is 2. The Morgan fingerprint density at radius 1 is 0.731 bits per heavy atom. The largest absolute Gasteiger partial charge is 0.546 e. The molecule has 0 aromatic heterocycles. The second kappa shape index (κ2) is 8.43. The van der Waals surface area contributed by atoms with Gasteiger partial charge in [-0.3, -0.25) is 0 Å². The van der Waals surface area contributed by atoms with Gasteiger partial charge in [-0.15, -0.1) is 0 Å². The van der Waals surface area contributed by atoms with Gasteiger partial charge in [0, 0.05) is 0 Å². The second-order valence-corrected chi connectivity index (χ2v) is 5.04. The first-order valence-electron chi connectivity index (χ1n) is 7.36. The van der Waals surface area contributed by atoms with Gasteiger partial charge in [0.15, 0.2) is 6.10 Å². The molecule has 0 fully saturated rings. The summed E-state index contributed by atoms with van der Waals surface area (Å²) < 4.78 is 9.42. The summed E-state index contributed by atoms with van der Waals surface area (Å²) in [5, 5.41) is 20.5. The molecule has 8 nitrogen and oxygen atoms in total. The van der Waals surface area contributed by atoms with Crippen LogP contribution in [-0.4, -0.2) is 41.2 Å². The van der Waals surface area contributed by atoms with E-state index in [4.69, 9.17) is 9.47 Å². The highest BCUT2D eigenvalue weighted by Crippen LogP contribution is 2.12. The second-order valence-electron chi connectivity index (χ2n) is 5.04. The van der Waals surface area contributed by atoms with Crippen LogP contribution in [0.5, 0.6) is 0 Å². The predicted octanol–water partition coefficient (Wildman–Crippen LogP) is 0.272. The Bertz CT molecular complexity index is 731. The molecule has 0 amide bonds. The van der Waals surface area contributed by atoms with Gasteiger partial charge < -0.3 is 24.5 Å². The van der Waals surface area contributed by atoms with E-state index in [-0.39, 0.29) is 11.1 Å². The Kier molecular flexibility index (Phi) is 6.05. The fourth-order valence-electron chi connectivity index (χ4n) is 1.99. The van der Waals surface area contributed by atoms with Crippen molar-refractivity contribution in [3.63, 3.8) is 0 Å². The molecule has 0 saturated carbocycles. The fourth-order valence-corrected chi connectivity index (χ4v) is 1.99. The summed E-state index contributed by atoms with van der Waals surface area (Å²) in [5.41, 5.74) is 0.00232. The van der Waals surface area contributed by atoms with E-state index >= 15 is 0 Å². The number of aliphatic carboxylic acids is 2. The van der Waals surface area contributed by atoms with Gasteiger partial charge in [-0.25, -0.2) is 14.4 Å². The molecule has 0 saturated heterocycles. The molecular formula is C18H13O8-. The molecule has 2 aromatic carbocycles. The van der Waals surface area contributed by atoms with Gasteiger partial charge in [-0.1, -0.05) is 36.4 Å². The average molecular weight is 357 g/mol. The molecule has 0 aliphatic rings. The Morgan fingerprint density at radius 2 is 1.12 bits per heavy atom. The van der Waals surface area contributed by atoms with Crippen LogP contribution in [0.3, 0.4) is 0 Å². The highest BCUT2D eigenvalue weighted by atomic mass is 16.6. The van der Waals surface area contributed by atoms with Crippen LogP contribution in [0.1, 0.15) is 20.7 Å². The minimum absolute atomic E-state index is 0.00252. The molecule has 0 spiro atoms. The number of esters is 2. The molecule has 0 unspecified atom stereocenters. The van der Waals surface area contributed by atoms with E-state index in [9.17, 15) is 29.4 Å². The standard InChI is InChI=1S/C18H14O8/c19-15(20)13(25-17(23)11-7-3-1-4-8-11)14(16(21)22)26-18(24)12-9-5-2-6-10-12/h1-10,13-14H,(H,19,20)(H,21,22)/p-1/t13-,14-/m0/s1. The zero-order valence-electron chi connectivity index (χ0n) is 13.2. The lowest BCUT2D eigenvalue weighted by Crippen LogP contribution is -2.51. The van der Waals surface area contributed by atoms with Gasteiger partial charge in [0.05, 0.1) is 17.1 Å². The maximum Gasteiger partial charge on any atom is 0.349 e. The van der Waals surface area contributed by atoms with Crippen LogP contribution in [0.2, 0.25) is 0 Å². The van der Waals surface area contributed by atoms with Crippen LogP contribution >= 0.6 is 0 Å². The predicted molar refractivity (Wildman–Crippen MR) is 83.9 cm³/mol. The van der Waals surface area contributed by atoms with Gasteiger partial charge >= 0.3 is 17.9 Å². The average Bonchev–Trinajstić information content (AvgIpc) is 2.65. The third-order valence-electron chi connectivity index (χ3n) is 3.24. The lowest BCUT2D eigenvalue weighted by molar-refractivity contribution is -0.317. The summed E-state index contributed by atoms with van der Waals surface area (Å²) in [5.74, 6) is -5.99. The molecule has 0 heterocycles. The van der Waals surface area contributed by atoms with Crippen molar-refractivity contribution in [2.75, 3.05) is 0 Å². The summed E-state index contributed by atoms with van der Waals surface area (Å²) in [7, 11) is 0. The molecule has 2 aromatic rings. The fraction of sp³-hybridized carbons (Fsp3) is 0.111. The monoisotopic (exact) mass is 357 g/mol. The van der Waals surface area contributed by atoms with Crippen molar-refractivity contribution >= 4 is 23.9 Å². The summed E-state index contributed by atoms with van der Waals surface area (Å²) in [6, 6.07) is 14.7. The van der Waals surface area contributed by atoms with Crippen molar-refractivity contribution in [2.24, 2.45) is 0 Å². The van der Waals surface area contributed by atoms with Crippen LogP contribution in [0, 0.1) is 0 Å². The summed E-state index contributed by atoms with van der Waals surface area (Å²) in [6.07, 6.45) is -4.60. The number of carbonyl (C=O) groups excluding carboxylic acids is 3. The van der Waals surface area contributed by atoms with Gasteiger partial charge in [0.1, 0.15) is 0 Å². The number of rotatable bonds is 7. The Labute approximate surface area is 147 Å². The summed E-state index contributed by atoms with van der Waals surface area (Å²) in [4.78, 5) is 46.7. The molecule has 0 radical (unpaired) electrons. The lowest BCUT2D eigenvalue weighted by atomic mass is 10.1. The van der Waals surface area contributed by atoms with Crippen molar-refractivity contribution in [1.29, 1.82) is 0 Å². The molecule has 0 bridgehead atoms. The number of carbonyl (C=O) groups is 4. The molecule has 2 rings (SSSR count). The van der Waals surface area contributed by atoms with Crippen molar-refractivity contribution in [1.82, 2.24) is 0 Å². The number of hydrogen-bond acceptors (Lipinski definition) is 7. The van der Waals surface area contributed by atoms with Crippen molar-refractivity contribution in [3.05, 3.63) is 71.8 Å². The third-order valence-corrected chi connectivity index (χ3v) is 3.24. The molecule has 8 heteroatoms. The topological polar surface area (TPSA) is 130 Å². The lowest BCUT2D eigenvalue weighted by Gasteiger charge is -2.24. The minimum Gasteiger partial charge on any atom is -0.546 e. The van der Waals surface area contributed by atoms with E-state index < -0.39 is 36.1 Å². The first-order valence-corrected chi connectivity index (χ1v) is 7.36. The van der Waals surface area contributed by atoms with Crippen LogP contribution in [-0.2, 0) is 19.1 Å². The van der Waals surface area contributed by atoms with E-state index in [2.05, 4.69) is 0 Å². The van der Waals surface area contributed by atoms with E-state index in [1.807, 2.05) is 0 Å². The van der Waals surface area contributed by atoms with Crippen molar-refractivity contribution < 1.29 is 38.9 Å². The van der Waals surface area contributed by atoms with Crippen LogP contribution in [0.25, 0.3) is 0 Å². The zero-order valence-corrected chi connectivity index (χ0v) is 13.2. The molecule has 0 aliphatic carbocycles. The normalized spacial score (nSPS) is 12.5. The van der Waals surface area contributed by atoms with Gasteiger partial charge in [0.2, 0.25) is 6.10 Å². The molecule has 134 valence electrons. The highest BCUT2D eigenvalue weighted by Gasteiger charge is 2.36. The molecule has 1 N–H and O–H groups in total. The summed E-state index contributed by atoms with van der Waals surface area (Å²) in [6.45, 7) is 0. The van der Waals surface area contributed by atoms with E-state index in [1.54, 1.807) is 12.1 Å². The summed E-state index contributed by atoms with van der Waals surface area (Å²) >= 11 is 0.